The standard InChI is InChI=1S/C19H25NO4/c1-4-23-17(21)14-6-7-15-13(2)20(10-11-24-16(15)12-14)18(22)19(3)8-5-9-19/h6-7,12-13H,4-5,8-11H2,1-3H3/t13-/m1/s1. The maximum absolute atomic E-state index is 12.9. The highest BCUT2D eigenvalue weighted by Crippen LogP contribution is 2.44. The van der Waals surface area contributed by atoms with Gasteiger partial charge in [0.05, 0.1) is 24.8 Å². The molecule has 1 saturated carbocycles. The summed E-state index contributed by atoms with van der Waals surface area (Å²) in [5.74, 6) is 0.532. The molecule has 0 radical (unpaired) electrons. The molecule has 0 aromatic heterocycles. The van der Waals surface area contributed by atoms with Crippen LogP contribution in [-0.2, 0) is 9.53 Å². The second-order valence-corrected chi connectivity index (χ2v) is 6.91. The van der Waals surface area contributed by atoms with E-state index in [0.29, 0.717) is 31.1 Å². The molecule has 1 aliphatic carbocycles. The molecule has 1 heterocycles. The molecule has 1 aliphatic heterocycles. The van der Waals surface area contributed by atoms with E-state index in [0.717, 1.165) is 24.8 Å². The first kappa shape index (κ1) is 16.8. The highest BCUT2D eigenvalue weighted by Gasteiger charge is 2.43. The first-order valence-electron chi connectivity index (χ1n) is 8.71. The summed E-state index contributed by atoms with van der Waals surface area (Å²) in [4.78, 5) is 26.8. The number of rotatable bonds is 3. The molecule has 1 aromatic carbocycles. The van der Waals surface area contributed by atoms with Gasteiger partial charge in [-0.25, -0.2) is 4.79 Å². The van der Waals surface area contributed by atoms with Crippen LogP contribution >= 0.6 is 0 Å². The molecule has 2 aliphatic rings. The molecule has 0 spiro atoms. The van der Waals surface area contributed by atoms with Gasteiger partial charge >= 0.3 is 5.97 Å². The quantitative estimate of drug-likeness (QED) is 0.797. The van der Waals surface area contributed by atoms with E-state index in [1.54, 1.807) is 19.1 Å². The van der Waals surface area contributed by atoms with Crippen LogP contribution in [0.2, 0.25) is 0 Å². The van der Waals surface area contributed by atoms with Gasteiger partial charge in [0.25, 0.3) is 0 Å². The van der Waals surface area contributed by atoms with E-state index in [1.807, 2.05) is 17.9 Å². The number of amides is 1. The monoisotopic (exact) mass is 331 g/mol. The number of esters is 1. The van der Waals surface area contributed by atoms with E-state index in [9.17, 15) is 9.59 Å². The Hall–Kier alpha value is -2.04. The third kappa shape index (κ3) is 2.87. The van der Waals surface area contributed by atoms with Gasteiger partial charge in [0.1, 0.15) is 12.4 Å². The van der Waals surface area contributed by atoms with E-state index in [-0.39, 0.29) is 23.3 Å². The minimum atomic E-state index is -0.351. The number of benzene rings is 1. The van der Waals surface area contributed by atoms with Crippen molar-refractivity contribution >= 4 is 11.9 Å². The number of hydrogen-bond donors (Lipinski definition) is 0. The second-order valence-electron chi connectivity index (χ2n) is 6.91. The van der Waals surface area contributed by atoms with Crippen LogP contribution in [0.4, 0.5) is 0 Å². The number of nitrogens with zero attached hydrogens (tertiary/aromatic N) is 1. The van der Waals surface area contributed by atoms with Crippen LogP contribution in [-0.4, -0.2) is 36.5 Å². The fourth-order valence-electron chi connectivity index (χ4n) is 3.51. The topological polar surface area (TPSA) is 55.8 Å². The molecule has 24 heavy (non-hydrogen) atoms. The highest BCUT2D eigenvalue weighted by atomic mass is 16.5. The minimum Gasteiger partial charge on any atom is -0.491 e. The van der Waals surface area contributed by atoms with Crippen LogP contribution in [0.25, 0.3) is 0 Å². The molecule has 0 unspecified atom stereocenters. The Morgan fingerprint density at radius 3 is 2.75 bits per heavy atom. The van der Waals surface area contributed by atoms with Crippen molar-refractivity contribution in [2.24, 2.45) is 5.41 Å². The van der Waals surface area contributed by atoms with Gasteiger partial charge in [-0.1, -0.05) is 19.4 Å². The van der Waals surface area contributed by atoms with Crippen molar-refractivity contribution in [2.45, 2.75) is 46.1 Å². The number of ether oxygens (including phenoxy) is 2. The van der Waals surface area contributed by atoms with E-state index >= 15 is 0 Å². The Balaban J connectivity index is 1.86. The summed E-state index contributed by atoms with van der Waals surface area (Å²) < 4.78 is 10.9. The normalized spacial score (nSPS) is 21.8. The van der Waals surface area contributed by atoms with Crippen LogP contribution in [0, 0.1) is 5.41 Å². The van der Waals surface area contributed by atoms with Gasteiger partial charge < -0.3 is 14.4 Å². The molecule has 5 nitrogen and oxygen atoms in total. The molecule has 1 amide bonds. The van der Waals surface area contributed by atoms with Crippen LogP contribution in [0.3, 0.4) is 0 Å². The van der Waals surface area contributed by atoms with Crippen molar-refractivity contribution in [3.05, 3.63) is 29.3 Å². The average Bonchev–Trinajstić information content (AvgIpc) is 2.71. The summed E-state index contributed by atoms with van der Waals surface area (Å²) in [5, 5.41) is 0. The summed E-state index contributed by atoms with van der Waals surface area (Å²) in [6.07, 6.45) is 3.05. The zero-order chi connectivity index (χ0) is 17.3. The maximum Gasteiger partial charge on any atom is 0.338 e. The van der Waals surface area contributed by atoms with Crippen molar-refractivity contribution in [3.63, 3.8) is 0 Å². The molecule has 1 fully saturated rings. The fourth-order valence-corrected chi connectivity index (χ4v) is 3.51. The molecule has 3 rings (SSSR count). The Kier molecular flexibility index (Phi) is 4.52. The lowest BCUT2D eigenvalue weighted by molar-refractivity contribution is -0.148. The van der Waals surface area contributed by atoms with E-state index in [2.05, 4.69) is 6.92 Å². The Bertz CT molecular complexity index is 651. The Labute approximate surface area is 142 Å². The lowest BCUT2D eigenvalue weighted by Gasteiger charge is -2.42. The Morgan fingerprint density at radius 1 is 1.38 bits per heavy atom. The maximum atomic E-state index is 12.9. The van der Waals surface area contributed by atoms with E-state index in [1.165, 1.54) is 0 Å². The lowest BCUT2D eigenvalue weighted by atomic mass is 9.69. The number of carbonyl (C=O) groups excluding carboxylic acids is 2. The van der Waals surface area contributed by atoms with Gasteiger partial charge in [-0.2, -0.15) is 0 Å². The van der Waals surface area contributed by atoms with Gasteiger partial charge in [-0.15, -0.1) is 0 Å². The average molecular weight is 331 g/mol. The summed E-state index contributed by atoms with van der Waals surface area (Å²) in [6, 6.07) is 5.28. The molecule has 130 valence electrons. The van der Waals surface area contributed by atoms with Crippen molar-refractivity contribution in [1.29, 1.82) is 0 Å². The largest absolute Gasteiger partial charge is 0.491 e. The molecule has 1 atom stereocenters. The molecular weight excluding hydrogens is 306 g/mol. The summed E-state index contributed by atoms with van der Waals surface area (Å²) in [7, 11) is 0. The summed E-state index contributed by atoms with van der Waals surface area (Å²) in [5.41, 5.74) is 1.20. The van der Waals surface area contributed by atoms with Gasteiger partial charge in [0.2, 0.25) is 5.91 Å². The number of fused-ring (bicyclic) bond motifs is 1. The second kappa shape index (κ2) is 6.46. The van der Waals surface area contributed by atoms with Crippen molar-refractivity contribution in [3.8, 4) is 5.75 Å². The molecule has 0 saturated heterocycles. The predicted molar refractivity (Wildman–Crippen MR) is 90.0 cm³/mol. The van der Waals surface area contributed by atoms with Crippen molar-refractivity contribution < 1.29 is 19.1 Å². The van der Waals surface area contributed by atoms with E-state index < -0.39 is 0 Å². The zero-order valence-corrected chi connectivity index (χ0v) is 14.6. The first-order chi connectivity index (χ1) is 11.5. The molecular formula is C19H25NO4. The molecule has 5 heteroatoms. The SMILES string of the molecule is CCOC(=O)c1ccc2c(c1)OCCN(C(=O)C1(C)CCC1)[C@@H]2C. The first-order valence-corrected chi connectivity index (χ1v) is 8.71. The Morgan fingerprint density at radius 2 is 2.12 bits per heavy atom. The van der Waals surface area contributed by atoms with Gasteiger partial charge in [-0.3, -0.25) is 4.79 Å². The highest BCUT2D eigenvalue weighted by molar-refractivity contribution is 5.90. The van der Waals surface area contributed by atoms with Crippen LogP contribution in [0.5, 0.6) is 5.75 Å². The van der Waals surface area contributed by atoms with Gasteiger partial charge in [0.15, 0.2) is 0 Å². The zero-order valence-electron chi connectivity index (χ0n) is 14.6. The third-order valence-electron chi connectivity index (χ3n) is 5.27. The molecule has 0 N–H and O–H groups in total. The van der Waals surface area contributed by atoms with Crippen LogP contribution in [0.1, 0.15) is 62.0 Å². The van der Waals surface area contributed by atoms with Crippen molar-refractivity contribution in [2.75, 3.05) is 19.8 Å². The smallest absolute Gasteiger partial charge is 0.338 e. The third-order valence-corrected chi connectivity index (χ3v) is 5.27. The minimum absolute atomic E-state index is 0.0660. The molecule has 1 aromatic rings. The van der Waals surface area contributed by atoms with Crippen molar-refractivity contribution in [1.82, 2.24) is 4.90 Å². The number of carbonyl (C=O) groups is 2. The fraction of sp³-hybridized carbons (Fsp3) is 0.579. The predicted octanol–water partition coefficient (Wildman–Crippen LogP) is 3.34. The number of hydrogen-bond acceptors (Lipinski definition) is 4. The molecule has 0 bridgehead atoms. The van der Waals surface area contributed by atoms with Crippen LogP contribution < -0.4 is 4.74 Å². The summed E-state index contributed by atoms with van der Waals surface area (Å²) >= 11 is 0. The van der Waals surface area contributed by atoms with Gasteiger partial charge in [-0.05, 0) is 38.8 Å². The van der Waals surface area contributed by atoms with E-state index in [4.69, 9.17) is 9.47 Å². The van der Waals surface area contributed by atoms with Crippen LogP contribution in [0.15, 0.2) is 18.2 Å². The lowest BCUT2D eigenvalue weighted by Crippen LogP contribution is -2.47. The summed E-state index contributed by atoms with van der Waals surface area (Å²) in [6.45, 7) is 7.21. The van der Waals surface area contributed by atoms with Gasteiger partial charge in [0, 0.05) is 11.0 Å².